The molecule has 4 heavy (non-hydrogen) atoms. The number of hydrogen-bond donors (Lipinski definition) is 0. The molecule has 0 aromatic rings. The molecule has 0 nitrogen and oxygen atoms in total. The fourth-order valence-corrected chi connectivity index (χ4v) is 0. The van der Waals surface area contributed by atoms with Gasteiger partial charge < -0.3 is 0 Å². The SMILES string of the molecule is [NaH].[NaH].[NaH].[NaH]. The zero-order chi connectivity index (χ0) is 0. The first-order valence-electron chi connectivity index (χ1n) is 0. The van der Waals surface area contributed by atoms with Gasteiger partial charge in [0, 0.05) is 0 Å². The Morgan fingerprint density at radius 1 is 0.250 bits per heavy atom. The molecule has 0 aliphatic heterocycles. The van der Waals surface area contributed by atoms with E-state index in [2.05, 4.69) is 0 Å². The van der Waals surface area contributed by atoms with Crippen molar-refractivity contribution in [2.75, 3.05) is 0 Å². The Balaban J connectivity index is 0. The summed E-state index contributed by atoms with van der Waals surface area (Å²) in [5.74, 6) is 0. The van der Waals surface area contributed by atoms with E-state index in [0.29, 0.717) is 0 Å². The Bertz CT molecular complexity index is 0. The second-order valence-electron chi connectivity index (χ2n) is 0. The molecule has 0 saturated heterocycles. The third-order valence-corrected chi connectivity index (χ3v) is 0. The van der Waals surface area contributed by atoms with Crippen LogP contribution in [-0.4, -0.2) is 118 Å². The Morgan fingerprint density at radius 3 is 0.250 bits per heavy atom. The molecule has 4 heteroatoms. The van der Waals surface area contributed by atoms with Crippen molar-refractivity contribution in [2.45, 2.75) is 0 Å². The van der Waals surface area contributed by atoms with Gasteiger partial charge in [-0.1, -0.05) is 0 Å². The summed E-state index contributed by atoms with van der Waals surface area (Å²) in [6.07, 6.45) is 0. The molecule has 0 heterocycles. The Kier molecular flexibility index (Phi) is 96.5. The van der Waals surface area contributed by atoms with E-state index < -0.39 is 0 Å². The van der Waals surface area contributed by atoms with E-state index >= 15 is 0 Å². The normalized spacial score (nSPS) is 0. The zero-order valence-corrected chi connectivity index (χ0v) is 0. The first-order valence-corrected chi connectivity index (χ1v) is 0. The van der Waals surface area contributed by atoms with Gasteiger partial charge in [-0.2, -0.15) is 0 Å². The standard InChI is InChI=1S/4Na.4H. The summed E-state index contributed by atoms with van der Waals surface area (Å²) in [7, 11) is 0. The Labute approximate surface area is 115 Å². The average Bonchev–Trinajstić information content (AvgIpc) is 0. The predicted octanol–water partition coefficient (Wildman–Crippen LogP) is -2.59. The summed E-state index contributed by atoms with van der Waals surface area (Å²) in [6.45, 7) is 0. The Morgan fingerprint density at radius 2 is 0.250 bits per heavy atom. The second-order valence-corrected chi connectivity index (χ2v) is 0. The first-order chi connectivity index (χ1) is 0. The van der Waals surface area contributed by atoms with Crippen LogP contribution in [0.4, 0.5) is 0 Å². The van der Waals surface area contributed by atoms with E-state index in [1.54, 1.807) is 0 Å². The molecule has 0 N–H and O–H groups in total. The monoisotopic (exact) mass is 96.0 g/mol. The molecule has 0 amide bonds. The van der Waals surface area contributed by atoms with Crippen molar-refractivity contribution in [3.8, 4) is 0 Å². The van der Waals surface area contributed by atoms with E-state index in [9.17, 15) is 0 Å². The molecular formula is H4Na4. The van der Waals surface area contributed by atoms with Crippen LogP contribution in [0.1, 0.15) is 0 Å². The van der Waals surface area contributed by atoms with E-state index in [4.69, 9.17) is 0 Å². The fourth-order valence-electron chi connectivity index (χ4n) is 0. The molecule has 0 aliphatic rings. The first kappa shape index (κ1) is 24.5. The maximum absolute atomic E-state index is 0. The van der Waals surface area contributed by atoms with Crippen molar-refractivity contribution in [2.24, 2.45) is 0 Å². The molecule has 8 valence electrons. The van der Waals surface area contributed by atoms with Gasteiger partial charge in [0.2, 0.25) is 0 Å². The number of hydrogen-bond acceptors (Lipinski definition) is 0. The van der Waals surface area contributed by atoms with Crippen LogP contribution in [0.5, 0.6) is 0 Å². The summed E-state index contributed by atoms with van der Waals surface area (Å²) in [4.78, 5) is 0. The van der Waals surface area contributed by atoms with Gasteiger partial charge in [0.05, 0.1) is 0 Å². The van der Waals surface area contributed by atoms with Gasteiger partial charge in [-0.15, -0.1) is 0 Å². The van der Waals surface area contributed by atoms with Crippen molar-refractivity contribution in [1.82, 2.24) is 0 Å². The van der Waals surface area contributed by atoms with Gasteiger partial charge >= 0.3 is 118 Å². The topological polar surface area (TPSA) is 0 Å². The molecule has 0 atom stereocenters. The van der Waals surface area contributed by atoms with Gasteiger partial charge in [-0.25, -0.2) is 0 Å². The van der Waals surface area contributed by atoms with E-state index in [1.165, 1.54) is 0 Å². The maximum atomic E-state index is 0. The molecule has 0 rings (SSSR count). The van der Waals surface area contributed by atoms with Crippen molar-refractivity contribution >= 4 is 118 Å². The molecule has 0 radical (unpaired) electrons. The van der Waals surface area contributed by atoms with Gasteiger partial charge in [0.1, 0.15) is 0 Å². The minimum absolute atomic E-state index is 0. The summed E-state index contributed by atoms with van der Waals surface area (Å²) >= 11 is 0. The molecular weight excluding hydrogens is 92.0 g/mol. The summed E-state index contributed by atoms with van der Waals surface area (Å²) in [5, 5.41) is 0. The third kappa shape index (κ3) is 9.38. The molecule has 0 unspecified atom stereocenters. The van der Waals surface area contributed by atoms with Crippen LogP contribution in [-0.2, 0) is 0 Å². The number of rotatable bonds is 0. The van der Waals surface area contributed by atoms with Gasteiger partial charge in [0.25, 0.3) is 0 Å². The van der Waals surface area contributed by atoms with Crippen LogP contribution in [0.15, 0.2) is 0 Å². The van der Waals surface area contributed by atoms with Crippen LogP contribution in [0, 0.1) is 0 Å². The van der Waals surface area contributed by atoms with Gasteiger partial charge in [-0.05, 0) is 0 Å². The molecule has 0 fully saturated rings. The van der Waals surface area contributed by atoms with Crippen LogP contribution >= 0.6 is 0 Å². The molecule has 0 spiro atoms. The molecule has 0 aromatic carbocycles. The van der Waals surface area contributed by atoms with E-state index in [1.807, 2.05) is 0 Å². The average molecular weight is 96.0 g/mol. The second kappa shape index (κ2) is 15.8. The minimum atomic E-state index is 0. The quantitative estimate of drug-likeness (QED) is 0.290. The van der Waals surface area contributed by atoms with Crippen molar-refractivity contribution < 1.29 is 0 Å². The van der Waals surface area contributed by atoms with Crippen LogP contribution in [0.3, 0.4) is 0 Å². The zero-order valence-electron chi connectivity index (χ0n) is 0. The van der Waals surface area contributed by atoms with Crippen molar-refractivity contribution in [1.29, 1.82) is 0 Å². The fraction of sp³-hybridized carbons (Fsp3) is 0. The van der Waals surface area contributed by atoms with Crippen LogP contribution in [0.2, 0.25) is 0 Å². The molecule has 0 bridgehead atoms. The Hall–Kier alpha value is 4.00. The molecule has 0 aromatic heterocycles. The van der Waals surface area contributed by atoms with Crippen molar-refractivity contribution in [3.63, 3.8) is 0 Å². The van der Waals surface area contributed by atoms with E-state index in [-0.39, 0.29) is 118 Å². The summed E-state index contributed by atoms with van der Waals surface area (Å²) < 4.78 is 0. The van der Waals surface area contributed by atoms with Gasteiger partial charge in [-0.3, -0.25) is 0 Å². The van der Waals surface area contributed by atoms with E-state index in [0.717, 1.165) is 0 Å². The van der Waals surface area contributed by atoms with Crippen LogP contribution in [0.25, 0.3) is 0 Å². The van der Waals surface area contributed by atoms with Crippen LogP contribution < -0.4 is 0 Å². The molecule has 0 aliphatic carbocycles. The summed E-state index contributed by atoms with van der Waals surface area (Å²) in [6, 6.07) is 0. The molecule has 0 saturated carbocycles. The van der Waals surface area contributed by atoms with Gasteiger partial charge in [0.15, 0.2) is 0 Å². The third-order valence-electron chi connectivity index (χ3n) is 0. The summed E-state index contributed by atoms with van der Waals surface area (Å²) in [5.41, 5.74) is 0. The van der Waals surface area contributed by atoms with Crippen molar-refractivity contribution in [3.05, 3.63) is 0 Å². The predicted molar refractivity (Wildman–Crippen MR) is 28.6 cm³/mol.